The van der Waals surface area contributed by atoms with Gasteiger partial charge in [0, 0.05) is 6.42 Å². The molecule has 7 nitrogen and oxygen atoms in total. The van der Waals surface area contributed by atoms with Gasteiger partial charge in [0.05, 0.1) is 6.61 Å². The molecule has 0 aliphatic rings. The van der Waals surface area contributed by atoms with Gasteiger partial charge >= 0.3 is 5.97 Å². The molecule has 0 aromatic heterocycles. The molecule has 0 aromatic carbocycles. The van der Waals surface area contributed by atoms with Crippen LogP contribution < -0.4 is 0 Å². The fourth-order valence-electron chi connectivity index (χ4n) is 3.25. The Balaban J connectivity index is 3.55. The van der Waals surface area contributed by atoms with Crippen LogP contribution in [0.3, 0.4) is 0 Å². The third-order valence-electron chi connectivity index (χ3n) is 5.38. The number of carbonyl (C=O) groups excluding carboxylic acids is 1. The van der Waals surface area contributed by atoms with Gasteiger partial charge in [0.2, 0.25) is 0 Å². The third kappa shape index (κ3) is 17.3. The van der Waals surface area contributed by atoms with Crippen molar-refractivity contribution in [3.8, 4) is 0 Å². The second-order valence-electron chi connectivity index (χ2n) is 8.32. The van der Waals surface area contributed by atoms with Crippen LogP contribution in [0.2, 0.25) is 0 Å². The quantitative estimate of drug-likeness (QED) is 0.104. The lowest BCUT2D eigenvalue weighted by atomic mass is 10.0. The lowest BCUT2D eigenvalue weighted by Gasteiger charge is -2.25. The van der Waals surface area contributed by atoms with E-state index in [0.717, 1.165) is 32.1 Å². The van der Waals surface area contributed by atoms with Gasteiger partial charge in [-0.15, -0.1) is 0 Å². The minimum Gasteiger partial charge on any atom is -0.463 e. The van der Waals surface area contributed by atoms with Crippen LogP contribution in [0.1, 0.15) is 96.8 Å². The van der Waals surface area contributed by atoms with Gasteiger partial charge in [-0.05, 0) is 32.1 Å². The van der Waals surface area contributed by atoms with Crippen LogP contribution >= 0.6 is 0 Å². The van der Waals surface area contributed by atoms with Crippen molar-refractivity contribution in [2.24, 2.45) is 0 Å². The zero-order valence-electron chi connectivity index (χ0n) is 19.3. The maximum Gasteiger partial charge on any atom is 0.305 e. The molecular weight excluding hydrogens is 400 g/mol. The predicted molar refractivity (Wildman–Crippen MR) is 122 cm³/mol. The molecule has 0 heterocycles. The first kappa shape index (κ1) is 30.0. The van der Waals surface area contributed by atoms with Crippen LogP contribution in [-0.4, -0.2) is 69.1 Å². The fraction of sp³-hybridized carbons (Fsp3) is 0.875. The molecular formula is C24H46O7. The standard InChI is InChI=1S/C24H46O7/c1-2-3-4-5-6-7-8-9-10-11-12-13-14-15-16-17-22(28)31-19-21(27)24(30)23(29)20(26)18-25/h9-10,20-21,23-27,29-30H,2-8,11-19H2,1H3/b10-9+/t20-,21-,23-,24-/m1/s1. The topological polar surface area (TPSA) is 127 Å². The van der Waals surface area contributed by atoms with E-state index in [4.69, 9.17) is 9.84 Å². The lowest BCUT2D eigenvalue weighted by Crippen LogP contribution is -2.47. The highest BCUT2D eigenvalue weighted by Crippen LogP contribution is 2.11. The molecule has 31 heavy (non-hydrogen) atoms. The molecule has 7 heteroatoms. The molecule has 4 atom stereocenters. The molecule has 0 fully saturated rings. The number of unbranched alkanes of at least 4 members (excludes halogenated alkanes) is 11. The Hall–Kier alpha value is -0.990. The molecule has 0 radical (unpaired) electrons. The van der Waals surface area contributed by atoms with E-state index < -0.39 is 43.6 Å². The van der Waals surface area contributed by atoms with Crippen molar-refractivity contribution >= 4 is 5.97 Å². The number of esters is 1. The number of aliphatic hydroxyl groups excluding tert-OH is 5. The van der Waals surface area contributed by atoms with Crippen molar-refractivity contribution in [2.45, 2.75) is 121 Å². The zero-order valence-corrected chi connectivity index (χ0v) is 19.3. The van der Waals surface area contributed by atoms with Crippen molar-refractivity contribution in [1.29, 1.82) is 0 Å². The maximum absolute atomic E-state index is 11.7. The van der Waals surface area contributed by atoms with Crippen molar-refractivity contribution < 1.29 is 35.1 Å². The van der Waals surface area contributed by atoms with Gasteiger partial charge in [-0.1, -0.05) is 70.4 Å². The van der Waals surface area contributed by atoms with Gasteiger partial charge < -0.3 is 30.3 Å². The Bertz CT molecular complexity index is 442. The largest absolute Gasteiger partial charge is 0.463 e. The summed E-state index contributed by atoms with van der Waals surface area (Å²) in [6.07, 6.45) is 13.5. The maximum atomic E-state index is 11.7. The molecule has 0 aromatic rings. The minimum absolute atomic E-state index is 0.239. The van der Waals surface area contributed by atoms with E-state index in [2.05, 4.69) is 19.1 Å². The Morgan fingerprint density at radius 2 is 1.23 bits per heavy atom. The lowest BCUT2D eigenvalue weighted by molar-refractivity contribution is -0.156. The number of allylic oxidation sites excluding steroid dienone is 2. The summed E-state index contributed by atoms with van der Waals surface area (Å²) >= 11 is 0. The van der Waals surface area contributed by atoms with Gasteiger partial charge in [-0.3, -0.25) is 4.79 Å². The van der Waals surface area contributed by atoms with Crippen LogP contribution in [0.4, 0.5) is 0 Å². The second kappa shape index (κ2) is 20.9. The predicted octanol–water partition coefficient (Wildman–Crippen LogP) is 3.00. The summed E-state index contributed by atoms with van der Waals surface area (Å²) in [5.41, 5.74) is 0. The van der Waals surface area contributed by atoms with Gasteiger partial charge in [0.25, 0.3) is 0 Å². The average molecular weight is 447 g/mol. The summed E-state index contributed by atoms with van der Waals surface area (Å²) in [6.45, 7) is 1.02. The monoisotopic (exact) mass is 446 g/mol. The Kier molecular flexibility index (Phi) is 20.2. The third-order valence-corrected chi connectivity index (χ3v) is 5.38. The summed E-state index contributed by atoms with van der Waals surface area (Å²) in [4.78, 5) is 11.7. The van der Waals surface area contributed by atoms with E-state index >= 15 is 0 Å². The second-order valence-corrected chi connectivity index (χ2v) is 8.32. The first-order valence-corrected chi connectivity index (χ1v) is 12.1. The zero-order chi connectivity index (χ0) is 23.3. The van der Waals surface area contributed by atoms with E-state index in [1.165, 1.54) is 44.9 Å². The summed E-state index contributed by atoms with van der Waals surface area (Å²) in [5, 5.41) is 46.8. The van der Waals surface area contributed by atoms with Crippen molar-refractivity contribution in [3.63, 3.8) is 0 Å². The molecule has 0 saturated carbocycles. The molecule has 0 aliphatic heterocycles. The number of rotatable bonds is 21. The van der Waals surface area contributed by atoms with Crippen molar-refractivity contribution in [2.75, 3.05) is 13.2 Å². The summed E-state index contributed by atoms with van der Waals surface area (Å²) in [7, 11) is 0. The highest BCUT2D eigenvalue weighted by molar-refractivity contribution is 5.69. The van der Waals surface area contributed by atoms with E-state index in [-0.39, 0.29) is 6.42 Å². The molecule has 0 aliphatic carbocycles. The molecule has 5 N–H and O–H groups in total. The van der Waals surface area contributed by atoms with E-state index in [9.17, 15) is 25.2 Å². The number of ether oxygens (including phenoxy) is 1. The summed E-state index contributed by atoms with van der Waals surface area (Å²) < 4.78 is 4.89. The van der Waals surface area contributed by atoms with Crippen LogP contribution in [0.5, 0.6) is 0 Å². The molecule has 0 bridgehead atoms. The van der Waals surface area contributed by atoms with Crippen molar-refractivity contribution in [1.82, 2.24) is 0 Å². The van der Waals surface area contributed by atoms with E-state index in [1.54, 1.807) is 0 Å². The minimum atomic E-state index is -1.72. The highest BCUT2D eigenvalue weighted by Gasteiger charge is 2.30. The Labute approximate surface area is 188 Å². The SMILES string of the molecule is CCCCCCCC/C=C/CCCCCCCC(=O)OC[C@@H](O)[C@@H](O)[C@H](O)[C@H](O)CO. The molecule has 0 unspecified atom stereocenters. The normalized spacial score (nSPS) is 15.7. The number of hydrogen-bond donors (Lipinski definition) is 5. The molecule has 184 valence electrons. The van der Waals surface area contributed by atoms with E-state index in [1.807, 2.05) is 0 Å². The van der Waals surface area contributed by atoms with Gasteiger partial charge in [0.15, 0.2) is 0 Å². The van der Waals surface area contributed by atoms with Gasteiger partial charge in [-0.2, -0.15) is 0 Å². The Morgan fingerprint density at radius 3 is 1.77 bits per heavy atom. The number of hydrogen-bond acceptors (Lipinski definition) is 7. The summed E-state index contributed by atoms with van der Waals surface area (Å²) in [6, 6.07) is 0. The number of aliphatic hydroxyl groups is 5. The van der Waals surface area contributed by atoms with Crippen LogP contribution in [0.15, 0.2) is 12.2 Å². The molecule has 0 spiro atoms. The van der Waals surface area contributed by atoms with Gasteiger partial charge in [-0.25, -0.2) is 0 Å². The van der Waals surface area contributed by atoms with E-state index in [0.29, 0.717) is 6.42 Å². The van der Waals surface area contributed by atoms with Crippen LogP contribution in [-0.2, 0) is 9.53 Å². The molecule has 0 rings (SSSR count). The first-order chi connectivity index (χ1) is 14.9. The average Bonchev–Trinajstić information content (AvgIpc) is 2.78. The first-order valence-electron chi connectivity index (χ1n) is 12.1. The molecule has 0 amide bonds. The van der Waals surface area contributed by atoms with Crippen LogP contribution in [0.25, 0.3) is 0 Å². The van der Waals surface area contributed by atoms with Crippen molar-refractivity contribution in [3.05, 3.63) is 12.2 Å². The number of carbonyl (C=O) groups is 1. The van der Waals surface area contributed by atoms with Crippen LogP contribution in [0, 0.1) is 0 Å². The smallest absolute Gasteiger partial charge is 0.305 e. The summed E-state index contributed by atoms with van der Waals surface area (Å²) in [5.74, 6) is -0.471. The molecule has 0 saturated heterocycles. The van der Waals surface area contributed by atoms with Gasteiger partial charge in [0.1, 0.15) is 31.0 Å². The fourth-order valence-corrected chi connectivity index (χ4v) is 3.25. The highest BCUT2D eigenvalue weighted by atomic mass is 16.5. The Morgan fingerprint density at radius 1 is 0.742 bits per heavy atom.